The summed E-state index contributed by atoms with van der Waals surface area (Å²) >= 11 is 0. The molecule has 0 aromatic carbocycles. The van der Waals surface area contributed by atoms with Crippen LogP contribution >= 0.6 is 0 Å². The SMILES string of the molecule is C[C@H](NC(=O)CNC(=O)CN)C(=O)N[C@@H](C)C(=O)N[C@@H](C)C(=O)N[C@@H](C)C(=O)NCC(=O)NCC(=O)N[C@@H](C)C(=O)N[C@@H](C)C=O. The minimum Gasteiger partial charge on any atom is -0.346 e. The highest BCUT2D eigenvalue weighted by atomic mass is 16.2. The van der Waals surface area contributed by atoms with Crippen molar-refractivity contribution >= 4 is 59.5 Å². The lowest BCUT2D eigenvalue weighted by Crippen LogP contribution is -2.56. The largest absolute Gasteiger partial charge is 0.346 e. The fourth-order valence-electron chi connectivity index (χ4n) is 3.12. The van der Waals surface area contributed by atoms with E-state index in [2.05, 4.69) is 47.9 Å². The molecule has 0 heterocycles. The molecule has 0 fully saturated rings. The molecule has 20 heteroatoms. The quantitative estimate of drug-likeness (QED) is 0.0583. The van der Waals surface area contributed by atoms with Crippen LogP contribution in [0.2, 0.25) is 0 Å². The molecule has 0 bridgehead atoms. The fourth-order valence-corrected chi connectivity index (χ4v) is 3.12. The molecular formula is C26H44N10O10. The Balaban J connectivity index is 4.54. The third-order valence-electron chi connectivity index (χ3n) is 5.87. The van der Waals surface area contributed by atoms with Crippen molar-refractivity contribution in [3.63, 3.8) is 0 Å². The van der Waals surface area contributed by atoms with Crippen LogP contribution < -0.4 is 53.6 Å². The normalized spacial score (nSPS) is 14.2. The van der Waals surface area contributed by atoms with E-state index in [4.69, 9.17) is 5.73 Å². The number of aldehydes is 1. The van der Waals surface area contributed by atoms with E-state index >= 15 is 0 Å². The lowest BCUT2D eigenvalue weighted by atomic mass is 10.2. The van der Waals surface area contributed by atoms with Gasteiger partial charge in [0.15, 0.2) is 0 Å². The summed E-state index contributed by atoms with van der Waals surface area (Å²) < 4.78 is 0. The van der Waals surface area contributed by atoms with Crippen LogP contribution in [0.4, 0.5) is 0 Å². The summed E-state index contributed by atoms with van der Waals surface area (Å²) in [6.45, 7) is 6.45. The van der Waals surface area contributed by atoms with Crippen molar-refractivity contribution in [1.82, 2.24) is 47.9 Å². The van der Waals surface area contributed by atoms with Gasteiger partial charge in [0.25, 0.3) is 0 Å². The predicted molar refractivity (Wildman–Crippen MR) is 160 cm³/mol. The second kappa shape index (κ2) is 20.7. The van der Waals surface area contributed by atoms with E-state index in [1.165, 1.54) is 41.5 Å². The van der Waals surface area contributed by atoms with Crippen LogP contribution in [0.1, 0.15) is 41.5 Å². The minimum absolute atomic E-state index is 0.309. The van der Waals surface area contributed by atoms with Crippen LogP contribution in [0.5, 0.6) is 0 Å². The van der Waals surface area contributed by atoms with Gasteiger partial charge in [-0.1, -0.05) is 0 Å². The number of carbonyl (C=O) groups excluding carboxylic acids is 10. The van der Waals surface area contributed by atoms with E-state index in [1.807, 2.05) is 0 Å². The zero-order chi connectivity index (χ0) is 35.6. The van der Waals surface area contributed by atoms with Crippen LogP contribution in [0.3, 0.4) is 0 Å². The number of nitrogens with two attached hydrogens (primary N) is 1. The van der Waals surface area contributed by atoms with Crippen molar-refractivity contribution in [2.24, 2.45) is 5.73 Å². The summed E-state index contributed by atoms with van der Waals surface area (Å²) in [5, 5.41) is 20.9. The molecule has 0 saturated heterocycles. The summed E-state index contributed by atoms with van der Waals surface area (Å²) in [6.07, 6.45) is 0.517. The maximum absolute atomic E-state index is 12.5. The zero-order valence-corrected chi connectivity index (χ0v) is 26.5. The van der Waals surface area contributed by atoms with Crippen molar-refractivity contribution in [2.45, 2.75) is 77.8 Å². The highest BCUT2D eigenvalue weighted by Crippen LogP contribution is 1.93. The number of amides is 9. The monoisotopic (exact) mass is 656 g/mol. The molecule has 0 saturated carbocycles. The molecule has 0 aromatic heterocycles. The first-order valence-corrected chi connectivity index (χ1v) is 14.2. The van der Waals surface area contributed by atoms with Crippen LogP contribution in [0, 0.1) is 0 Å². The van der Waals surface area contributed by atoms with Gasteiger partial charge in [0.1, 0.15) is 36.5 Å². The molecule has 6 atom stereocenters. The van der Waals surface area contributed by atoms with Crippen LogP contribution in [-0.4, -0.2) is 122 Å². The zero-order valence-electron chi connectivity index (χ0n) is 26.5. The molecule has 0 aliphatic heterocycles. The summed E-state index contributed by atoms with van der Waals surface area (Å²) in [6, 6.07) is -6.16. The molecule has 0 unspecified atom stereocenters. The van der Waals surface area contributed by atoms with E-state index in [0.29, 0.717) is 6.29 Å². The molecule has 258 valence electrons. The van der Waals surface area contributed by atoms with Gasteiger partial charge < -0.3 is 58.4 Å². The van der Waals surface area contributed by atoms with Gasteiger partial charge in [-0.2, -0.15) is 0 Å². The van der Waals surface area contributed by atoms with Gasteiger partial charge in [-0.3, -0.25) is 43.2 Å². The molecule has 0 spiro atoms. The second-order valence-electron chi connectivity index (χ2n) is 10.2. The molecule has 0 rings (SSSR count). The van der Waals surface area contributed by atoms with Gasteiger partial charge in [-0.15, -0.1) is 0 Å². The molecule has 20 nitrogen and oxygen atoms in total. The van der Waals surface area contributed by atoms with Gasteiger partial charge >= 0.3 is 0 Å². The summed E-state index contributed by atoms with van der Waals surface area (Å²) in [7, 11) is 0. The molecule has 0 aliphatic rings. The Morgan fingerprint density at radius 3 is 1.17 bits per heavy atom. The number of hydrogen-bond acceptors (Lipinski definition) is 11. The van der Waals surface area contributed by atoms with Crippen molar-refractivity contribution in [3.05, 3.63) is 0 Å². The molecule has 11 N–H and O–H groups in total. The first-order valence-electron chi connectivity index (χ1n) is 14.2. The van der Waals surface area contributed by atoms with E-state index < -0.39 is 109 Å². The number of nitrogens with one attached hydrogen (secondary N) is 9. The maximum Gasteiger partial charge on any atom is 0.242 e. The van der Waals surface area contributed by atoms with Gasteiger partial charge in [-0.25, -0.2) is 0 Å². The summed E-state index contributed by atoms with van der Waals surface area (Å²) in [5.41, 5.74) is 5.12. The topological polar surface area (TPSA) is 305 Å². The standard InChI is InChI=1S/C26H44N10O10/c1-12(11-37)31-23(43)14(3)32-21(41)10-29-19(39)8-30-22(42)13(2)34-25(45)16(5)36-26(46)17(6)35-24(44)15(4)33-20(40)9-28-18(38)7-27/h11-17H,7-10,27H2,1-6H3,(H,28,38)(H,29,39)(H,30,42)(H,31,43)(H,32,41)(H,33,40)(H,34,45)(H,35,44)(H,36,46)/t12-,13-,14-,15-,16-,17-/m0/s1. The third kappa shape index (κ3) is 16.6. The van der Waals surface area contributed by atoms with E-state index in [-0.39, 0.29) is 6.54 Å². The van der Waals surface area contributed by atoms with Crippen LogP contribution in [-0.2, 0) is 47.9 Å². The number of rotatable bonds is 19. The van der Waals surface area contributed by atoms with Crippen LogP contribution in [0.25, 0.3) is 0 Å². The number of carbonyl (C=O) groups is 10. The summed E-state index contributed by atoms with van der Waals surface area (Å²) in [5.74, 6) is -6.21. The smallest absolute Gasteiger partial charge is 0.242 e. The van der Waals surface area contributed by atoms with E-state index in [9.17, 15) is 47.9 Å². The Bertz CT molecular complexity index is 1160. The Morgan fingerprint density at radius 1 is 0.457 bits per heavy atom. The van der Waals surface area contributed by atoms with Crippen LogP contribution in [0.15, 0.2) is 0 Å². The first-order chi connectivity index (χ1) is 21.4. The average Bonchev–Trinajstić information content (AvgIpc) is 3.00. The molecule has 0 radical (unpaired) electrons. The second-order valence-corrected chi connectivity index (χ2v) is 10.2. The highest BCUT2D eigenvalue weighted by Gasteiger charge is 2.25. The maximum atomic E-state index is 12.5. The minimum atomic E-state index is -1.14. The molecule has 9 amide bonds. The highest BCUT2D eigenvalue weighted by molar-refractivity contribution is 5.96. The molecule has 46 heavy (non-hydrogen) atoms. The van der Waals surface area contributed by atoms with Crippen molar-refractivity contribution in [2.75, 3.05) is 26.2 Å². The molecular weight excluding hydrogens is 612 g/mol. The fraction of sp³-hybridized carbons (Fsp3) is 0.615. The van der Waals surface area contributed by atoms with Gasteiger partial charge in [0.2, 0.25) is 53.2 Å². The van der Waals surface area contributed by atoms with Gasteiger partial charge in [0.05, 0.1) is 32.2 Å². The van der Waals surface area contributed by atoms with Gasteiger partial charge in [0, 0.05) is 0 Å². The Hall–Kier alpha value is -5.14. The summed E-state index contributed by atoms with van der Waals surface area (Å²) in [4.78, 5) is 119. The van der Waals surface area contributed by atoms with E-state index in [1.54, 1.807) is 0 Å². The number of hydrogen-bond donors (Lipinski definition) is 10. The molecule has 0 aromatic rings. The third-order valence-corrected chi connectivity index (χ3v) is 5.87. The Kier molecular flexibility index (Phi) is 18.4. The van der Waals surface area contributed by atoms with Crippen molar-refractivity contribution < 1.29 is 47.9 Å². The first kappa shape index (κ1) is 40.9. The van der Waals surface area contributed by atoms with Crippen molar-refractivity contribution in [3.8, 4) is 0 Å². The average molecular weight is 657 g/mol. The van der Waals surface area contributed by atoms with Crippen molar-refractivity contribution in [1.29, 1.82) is 0 Å². The lowest BCUT2D eigenvalue weighted by molar-refractivity contribution is -0.134. The molecule has 0 aliphatic carbocycles. The van der Waals surface area contributed by atoms with Gasteiger partial charge in [-0.05, 0) is 41.5 Å². The predicted octanol–water partition coefficient (Wildman–Crippen LogP) is -6.48. The lowest BCUT2D eigenvalue weighted by Gasteiger charge is -2.21. The van der Waals surface area contributed by atoms with E-state index in [0.717, 1.165) is 0 Å². The Morgan fingerprint density at radius 2 is 0.783 bits per heavy atom. The Labute approximate surface area is 265 Å².